The summed E-state index contributed by atoms with van der Waals surface area (Å²) in [4.78, 5) is 14.8. The molecule has 0 radical (unpaired) electrons. The fourth-order valence-electron chi connectivity index (χ4n) is 2.41. The van der Waals surface area contributed by atoms with Crippen LogP contribution >= 0.6 is 11.6 Å². The number of rotatable bonds is 4. The number of pyridine rings is 1. The van der Waals surface area contributed by atoms with E-state index in [1.54, 1.807) is 0 Å². The molecular weight excluding hydrogens is 411 g/mol. The number of aromatic carboxylic acids is 1. The summed E-state index contributed by atoms with van der Waals surface area (Å²) < 4.78 is 37.6. The molecule has 0 saturated heterocycles. The first-order chi connectivity index (χ1) is 11.8. The van der Waals surface area contributed by atoms with Crippen LogP contribution in [0.15, 0.2) is 35.4 Å². The summed E-state index contributed by atoms with van der Waals surface area (Å²) in [5.74, 6) is -1.35. The Bertz CT molecular complexity index is 953. The molecule has 1 aliphatic heterocycles. The Kier molecular flexibility index (Phi) is 6.94. The number of carbonyl (C=O) groups excluding carboxylic acids is 1. The Morgan fingerprint density at radius 2 is 2.12 bits per heavy atom. The third-order valence-corrected chi connectivity index (χ3v) is 5.63. The van der Waals surface area contributed by atoms with Crippen LogP contribution in [0.4, 0.5) is 5.69 Å². The van der Waals surface area contributed by atoms with E-state index in [9.17, 15) is 18.3 Å². The Hall–Kier alpha value is -0.884. The van der Waals surface area contributed by atoms with Crippen LogP contribution in [0.25, 0.3) is 0 Å². The molecule has 0 fully saturated rings. The molecule has 8 nitrogen and oxygen atoms in total. The number of carboxylic acid groups (broad SMARTS) is 1. The van der Waals surface area contributed by atoms with Crippen LogP contribution < -0.4 is 70.3 Å². The van der Waals surface area contributed by atoms with E-state index in [4.69, 9.17) is 21.1 Å². The summed E-state index contributed by atoms with van der Waals surface area (Å²) in [6, 6.07) is 5.35. The fourth-order valence-corrected chi connectivity index (χ4v) is 4.27. The van der Waals surface area contributed by atoms with E-state index in [2.05, 4.69) is 4.98 Å². The number of hydrogen-bond donors (Lipinski definition) is 0. The molecule has 0 N–H and O–H groups in total. The van der Waals surface area contributed by atoms with Crippen molar-refractivity contribution in [3.63, 3.8) is 0 Å². The normalized spacial score (nSPS) is 13.2. The maximum atomic E-state index is 13.1. The zero-order valence-electron chi connectivity index (χ0n) is 13.9. The van der Waals surface area contributed by atoms with Crippen molar-refractivity contribution in [1.29, 1.82) is 0 Å². The number of methoxy groups -OCH3 is 1. The molecule has 0 saturated carbocycles. The molecule has 0 bridgehead atoms. The molecule has 0 amide bonds. The molecule has 0 spiro atoms. The maximum absolute atomic E-state index is 13.1. The zero-order valence-corrected chi connectivity index (χ0v) is 18.6. The number of fused-ring (bicyclic) bond motifs is 1. The van der Waals surface area contributed by atoms with Gasteiger partial charge < -0.3 is 19.4 Å². The largest absolute Gasteiger partial charge is 1.00 e. The van der Waals surface area contributed by atoms with Gasteiger partial charge in [0.2, 0.25) is 5.88 Å². The monoisotopic (exact) mass is 422 g/mol. The molecule has 3 rings (SSSR count). The van der Waals surface area contributed by atoms with Crippen molar-refractivity contribution in [2.45, 2.75) is 4.90 Å². The van der Waals surface area contributed by atoms with Gasteiger partial charge in [-0.05, 0) is 24.3 Å². The van der Waals surface area contributed by atoms with Gasteiger partial charge in [0.05, 0.1) is 19.6 Å². The van der Waals surface area contributed by atoms with E-state index in [1.807, 2.05) is 0 Å². The molecule has 11 heteroatoms. The van der Waals surface area contributed by atoms with Gasteiger partial charge >= 0.3 is 51.4 Å². The molecule has 26 heavy (non-hydrogen) atoms. The number of carbonyl (C=O) groups is 1. The summed E-state index contributed by atoms with van der Waals surface area (Å²) in [5, 5.41) is 11.3. The van der Waals surface area contributed by atoms with Crippen LogP contribution in [0, 0.1) is 0 Å². The minimum atomic E-state index is -4.09. The van der Waals surface area contributed by atoms with Crippen LogP contribution in [0.2, 0.25) is 5.02 Å². The van der Waals surface area contributed by atoms with Crippen LogP contribution in [0.1, 0.15) is 10.4 Å². The summed E-state index contributed by atoms with van der Waals surface area (Å²) >= 11 is 5.92. The number of sulfonamides is 1. The van der Waals surface area contributed by atoms with Gasteiger partial charge in [0.1, 0.15) is 22.9 Å². The van der Waals surface area contributed by atoms with Crippen molar-refractivity contribution in [1.82, 2.24) is 4.98 Å². The van der Waals surface area contributed by atoms with Crippen molar-refractivity contribution in [2.75, 3.05) is 24.6 Å². The van der Waals surface area contributed by atoms with Crippen LogP contribution in [-0.2, 0) is 10.0 Å². The number of nitrogens with zero attached hydrogens (tertiary/aromatic N) is 2. The van der Waals surface area contributed by atoms with Crippen LogP contribution in [0.5, 0.6) is 11.6 Å². The molecule has 0 aliphatic carbocycles. The van der Waals surface area contributed by atoms with Gasteiger partial charge in [0, 0.05) is 16.8 Å². The van der Waals surface area contributed by atoms with Crippen molar-refractivity contribution >= 4 is 33.3 Å². The van der Waals surface area contributed by atoms with Crippen LogP contribution in [0.3, 0.4) is 0 Å². The summed E-state index contributed by atoms with van der Waals surface area (Å²) in [5.41, 5.74) is -0.252. The third-order valence-electron chi connectivity index (χ3n) is 3.56. The summed E-state index contributed by atoms with van der Waals surface area (Å²) in [7, 11) is -2.75. The average Bonchev–Trinajstić information content (AvgIpc) is 2.60. The SMILES string of the molecule is COc1ccc(Cl)cc1S(=O)(=O)N1CCOc2ncc(C(=O)[O-])cc21.[K+]. The Morgan fingerprint density at radius 3 is 2.77 bits per heavy atom. The molecule has 2 heterocycles. The summed E-state index contributed by atoms with van der Waals surface area (Å²) in [6.45, 7) is 0.0377. The van der Waals surface area contributed by atoms with Crippen LogP contribution in [-0.4, -0.2) is 39.6 Å². The number of ether oxygens (including phenoxy) is 2. The van der Waals surface area contributed by atoms with Gasteiger partial charge in [-0.25, -0.2) is 13.4 Å². The van der Waals surface area contributed by atoms with E-state index >= 15 is 0 Å². The second-order valence-corrected chi connectivity index (χ2v) is 7.32. The standard InChI is InChI=1S/C15H13ClN2O6S.K/c1-23-12-3-2-10(16)7-13(12)25(21,22)18-4-5-24-14-11(18)6-9(8-17-14)15(19)20;/h2-3,6-8H,4-5H2,1H3,(H,19,20);/q;+1/p-1. The first-order valence-electron chi connectivity index (χ1n) is 7.05. The van der Waals surface area contributed by atoms with Gasteiger partial charge in [-0.1, -0.05) is 11.6 Å². The molecule has 0 atom stereocenters. The molecule has 1 aliphatic rings. The van der Waals surface area contributed by atoms with Crippen molar-refractivity contribution in [3.8, 4) is 11.6 Å². The van der Waals surface area contributed by atoms with Gasteiger partial charge in [0.15, 0.2) is 0 Å². The summed E-state index contributed by atoms with van der Waals surface area (Å²) in [6.07, 6.45) is 1.05. The zero-order chi connectivity index (χ0) is 18.2. The molecule has 132 valence electrons. The Morgan fingerprint density at radius 1 is 1.38 bits per heavy atom. The van der Waals surface area contributed by atoms with Gasteiger partial charge in [-0.15, -0.1) is 0 Å². The molecule has 1 aromatic heterocycles. The minimum absolute atomic E-state index is 0. The van der Waals surface area contributed by atoms with E-state index in [0.29, 0.717) is 0 Å². The van der Waals surface area contributed by atoms with E-state index < -0.39 is 16.0 Å². The molecule has 0 unspecified atom stereocenters. The minimum Gasteiger partial charge on any atom is -0.545 e. The number of carboxylic acids is 1. The smallest absolute Gasteiger partial charge is 0.545 e. The predicted octanol–water partition coefficient (Wildman–Crippen LogP) is -2.30. The second-order valence-electron chi connectivity index (χ2n) is 5.06. The maximum Gasteiger partial charge on any atom is 1.00 e. The molecule has 1 aromatic carbocycles. The topological polar surface area (TPSA) is 109 Å². The second kappa shape index (κ2) is 8.42. The molecule has 2 aromatic rings. The van der Waals surface area contributed by atoms with Crippen molar-refractivity contribution < 1.29 is 79.2 Å². The van der Waals surface area contributed by atoms with E-state index in [-0.39, 0.29) is 97.3 Å². The Balaban J connectivity index is 0.00000243. The number of aromatic nitrogens is 1. The predicted molar refractivity (Wildman–Crippen MR) is 86.6 cm³/mol. The quantitative estimate of drug-likeness (QED) is 0.510. The number of halogens is 1. The van der Waals surface area contributed by atoms with E-state index in [0.717, 1.165) is 16.6 Å². The van der Waals surface area contributed by atoms with E-state index in [1.165, 1.54) is 25.3 Å². The first-order valence-corrected chi connectivity index (χ1v) is 8.87. The average molecular weight is 423 g/mol. The van der Waals surface area contributed by atoms with Gasteiger partial charge in [-0.3, -0.25) is 4.31 Å². The number of benzene rings is 1. The first kappa shape index (κ1) is 21.4. The molecular formula is C15H12ClKN2O6S. The number of anilines is 1. The van der Waals surface area contributed by atoms with Crippen molar-refractivity contribution in [3.05, 3.63) is 41.0 Å². The van der Waals surface area contributed by atoms with Gasteiger partial charge in [-0.2, -0.15) is 0 Å². The van der Waals surface area contributed by atoms with Gasteiger partial charge in [0.25, 0.3) is 10.0 Å². The van der Waals surface area contributed by atoms with Crippen molar-refractivity contribution in [2.24, 2.45) is 0 Å². The third kappa shape index (κ3) is 4.01. The fraction of sp³-hybridized carbons (Fsp3) is 0.200. The Labute approximate surface area is 197 Å². The number of hydrogen-bond acceptors (Lipinski definition) is 7.